The summed E-state index contributed by atoms with van der Waals surface area (Å²) >= 11 is 0. The SMILES string of the molecule is Cc1cccc(C(=O)Nc2ccc(N3CCN(Cc4ccc(F)cc4)CC3)nc2)c1. The lowest BCUT2D eigenvalue weighted by Gasteiger charge is -2.35. The molecular formula is C24H25FN4O. The third kappa shape index (κ3) is 5.02. The minimum atomic E-state index is -0.201. The predicted molar refractivity (Wildman–Crippen MR) is 117 cm³/mol. The van der Waals surface area contributed by atoms with Gasteiger partial charge in [0, 0.05) is 38.3 Å². The van der Waals surface area contributed by atoms with Crippen LogP contribution in [0.1, 0.15) is 21.5 Å². The summed E-state index contributed by atoms with van der Waals surface area (Å²) in [4.78, 5) is 21.5. The van der Waals surface area contributed by atoms with Crippen LogP contribution in [0.5, 0.6) is 0 Å². The van der Waals surface area contributed by atoms with Crippen molar-refractivity contribution in [3.63, 3.8) is 0 Å². The van der Waals surface area contributed by atoms with Crippen molar-refractivity contribution in [2.45, 2.75) is 13.5 Å². The fraction of sp³-hybridized carbons (Fsp3) is 0.250. The molecule has 0 spiro atoms. The molecule has 0 atom stereocenters. The molecule has 1 N–H and O–H groups in total. The Hall–Kier alpha value is -3.25. The quantitative estimate of drug-likeness (QED) is 0.696. The van der Waals surface area contributed by atoms with Gasteiger partial charge in [0.05, 0.1) is 11.9 Å². The van der Waals surface area contributed by atoms with Crippen LogP contribution in [-0.4, -0.2) is 42.0 Å². The van der Waals surface area contributed by atoms with Crippen LogP contribution in [0.3, 0.4) is 0 Å². The third-order valence-electron chi connectivity index (χ3n) is 5.30. The average Bonchev–Trinajstić information content (AvgIpc) is 2.76. The molecule has 1 fully saturated rings. The molecule has 2 aromatic carbocycles. The summed E-state index contributed by atoms with van der Waals surface area (Å²) in [7, 11) is 0. The van der Waals surface area contributed by atoms with Crippen LogP contribution in [0.25, 0.3) is 0 Å². The molecule has 1 aromatic heterocycles. The zero-order chi connectivity index (χ0) is 20.9. The summed E-state index contributed by atoms with van der Waals surface area (Å²) in [6.45, 7) is 6.39. The molecule has 0 saturated carbocycles. The van der Waals surface area contributed by atoms with E-state index < -0.39 is 0 Å². The predicted octanol–water partition coefficient (Wildman–Crippen LogP) is 4.10. The van der Waals surface area contributed by atoms with Crippen LogP contribution in [-0.2, 0) is 6.54 Å². The highest BCUT2D eigenvalue weighted by Crippen LogP contribution is 2.18. The zero-order valence-electron chi connectivity index (χ0n) is 17.0. The van der Waals surface area contributed by atoms with Crippen LogP contribution in [0, 0.1) is 12.7 Å². The first-order chi connectivity index (χ1) is 14.6. The number of halogens is 1. The number of hydrogen-bond donors (Lipinski definition) is 1. The number of piperazine rings is 1. The first-order valence-corrected chi connectivity index (χ1v) is 10.1. The minimum absolute atomic E-state index is 0.136. The maximum atomic E-state index is 13.1. The largest absolute Gasteiger partial charge is 0.354 e. The van der Waals surface area contributed by atoms with Gasteiger partial charge in [0.1, 0.15) is 11.6 Å². The molecule has 6 heteroatoms. The maximum absolute atomic E-state index is 13.1. The second kappa shape index (κ2) is 9.05. The highest BCUT2D eigenvalue weighted by molar-refractivity contribution is 6.04. The molecule has 1 aliphatic heterocycles. The normalized spacial score (nSPS) is 14.5. The van der Waals surface area contributed by atoms with Crippen molar-refractivity contribution >= 4 is 17.4 Å². The third-order valence-corrected chi connectivity index (χ3v) is 5.30. The fourth-order valence-electron chi connectivity index (χ4n) is 3.62. The molecular weight excluding hydrogens is 379 g/mol. The Bertz CT molecular complexity index is 996. The monoisotopic (exact) mass is 404 g/mol. The number of nitrogens with zero attached hydrogens (tertiary/aromatic N) is 3. The summed E-state index contributed by atoms with van der Waals surface area (Å²) < 4.78 is 13.1. The van der Waals surface area contributed by atoms with Gasteiger partial charge in [-0.2, -0.15) is 0 Å². The molecule has 0 unspecified atom stereocenters. The molecule has 0 radical (unpaired) electrons. The molecule has 0 bridgehead atoms. The summed E-state index contributed by atoms with van der Waals surface area (Å²) in [5, 5.41) is 2.90. The van der Waals surface area contributed by atoms with Crippen molar-refractivity contribution in [3.8, 4) is 0 Å². The van der Waals surface area contributed by atoms with E-state index in [1.807, 2.05) is 49.4 Å². The average molecular weight is 404 g/mol. The van der Waals surface area contributed by atoms with Gasteiger partial charge < -0.3 is 10.2 Å². The zero-order valence-corrected chi connectivity index (χ0v) is 17.0. The lowest BCUT2D eigenvalue weighted by molar-refractivity contribution is 0.102. The van der Waals surface area contributed by atoms with E-state index >= 15 is 0 Å². The van der Waals surface area contributed by atoms with Crippen LogP contribution in [0.2, 0.25) is 0 Å². The van der Waals surface area contributed by atoms with E-state index in [-0.39, 0.29) is 11.7 Å². The molecule has 5 nitrogen and oxygen atoms in total. The molecule has 0 aliphatic carbocycles. The number of carbonyl (C=O) groups is 1. The van der Waals surface area contributed by atoms with Gasteiger partial charge >= 0.3 is 0 Å². The minimum Gasteiger partial charge on any atom is -0.354 e. The molecule has 1 aliphatic rings. The van der Waals surface area contributed by atoms with Gasteiger partial charge in [-0.3, -0.25) is 9.69 Å². The summed E-state index contributed by atoms with van der Waals surface area (Å²) in [6, 6.07) is 18.0. The van der Waals surface area contributed by atoms with Crippen molar-refractivity contribution in [1.29, 1.82) is 0 Å². The van der Waals surface area contributed by atoms with E-state index in [0.717, 1.165) is 49.7 Å². The second-order valence-electron chi connectivity index (χ2n) is 7.62. The fourth-order valence-corrected chi connectivity index (χ4v) is 3.62. The molecule has 1 amide bonds. The number of benzene rings is 2. The molecule has 30 heavy (non-hydrogen) atoms. The number of pyridine rings is 1. The van der Waals surface area contributed by atoms with E-state index in [4.69, 9.17) is 0 Å². The van der Waals surface area contributed by atoms with Crippen LogP contribution >= 0.6 is 0 Å². The highest BCUT2D eigenvalue weighted by atomic mass is 19.1. The standard InChI is InChI=1S/C24H25FN4O/c1-18-3-2-4-20(15-18)24(30)27-22-9-10-23(26-16-22)29-13-11-28(12-14-29)17-19-5-7-21(25)8-6-19/h2-10,15-16H,11-14,17H2,1H3,(H,27,30). The number of aryl methyl sites for hydroxylation is 1. The Kier molecular flexibility index (Phi) is 6.05. The van der Waals surface area contributed by atoms with Gasteiger partial charge in [-0.25, -0.2) is 9.37 Å². The van der Waals surface area contributed by atoms with Gasteiger partial charge in [-0.15, -0.1) is 0 Å². The second-order valence-corrected chi connectivity index (χ2v) is 7.62. The van der Waals surface area contributed by atoms with E-state index in [1.165, 1.54) is 12.1 Å². The van der Waals surface area contributed by atoms with Gasteiger partial charge in [0.25, 0.3) is 5.91 Å². The number of carbonyl (C=O) groups excluding carboxylic acids is 1. The van der Waals surface area contributed by atoms with Crippen LogP contribution in [0.15, 0.2) is 66.9 Å². The highest BCUT2D eigenvalue weighted by Gasteiger charge is 2.18. The number of rotatable bonds is 5. The number of amides is 1. The Labute approximate surface area is 176 Å². The van der Waals surface area contributed by atoms with Crippen LogP contribution in [0.4, 0.5) is 15.9 Å². The van der Waals surface area contributed by atoms with E-state index in [2.05, 4.69) is 20.1 Å². The van der Waals surface area contributed by atoms with E-state index in [0.29, 0.717) is 11.3 Å². The first-order valence-electron chi connectivity index (χ1n) is 10.1. The van der Waals surface area contributed by atoms with Crippen molar-refractivity contribution in [2.75, 3.05) is 36.4 Å². The van der Waals surface area contributed by atoms with Crippen molar-refractivity contribution in [3.05, 3.63) is 89.4 Å². The lowest BCUT2D eigenvalue weighted by atomic mass is 10.1. The summed E-state index contributed by atoms with van der Waals surface area (Å²) in [5.74, 6) is 0.570. The summed E-state index contributed by atoms with van der Waals surface area (Å²) in [5.41, 5.74) is 3.49. The van der Waals surface area contributed by atoms with Gasteiger partial charge in [0.2, 0.25) is 0 Å². The maximum Gasteiger partial charge on any atom is 0.255 e. The van der Waals surface area contributed by atoms with Crippen molar-refractivity contribution in [1.82, 2.24) is 9.88 Å². The van der Waals surface area contributed by atoms with Crippen molar-refractivity contribution < 1.29 is 9.18 Å². The molecule has 1 saturated heterocycles. The molecule has 3 aromatic rings. The first kappa shape index (κ1) is 20.0. The van der Waals surface area contributed by atoms with Gasteiger partial charge in [-0.1, -0.05) is 29.8 Å². The number of aromatic nitrogens is 1. The Morgan fingerprint density at radius 2 is 1.80 bits per heavy atom. The lowest BCUT2D eigenvalue weighted by Crippen LogP contribution is -2.46. The van der Waals surface area contributed by atoms with Crippen molar-refractivity contribution in [2.24, 2.45) is 0 Å². The van der Waals surface area contributed by atoms with E-state index in [1.54, 1.807) is 12.3 Å². The van der Waals surface area contributed by atoms with Crippen LogP contribution < -0.4 is 10.2 Å². The smallest absolute Gasteiger partial charge is 0.255 e. The number of nitrogens with one attached hydrogen (secondary N) is 1. The summed E-state index contributed by atoms with van der Waals surface area (Å²) in [6.07, 6.45) is 1.70. The Morgan fingerprint density at radius 3 is 2.47 bits per heavy atom. The molecule has 4 rings (SSSR count). The molecule has 154 valence electrons. The Balaban J connectivity index is 1.30. The van der Waals surface area contributed by atoms with E-state index in [9.17, 15) is 9.18 Å². The van der Waals surface area contributed by atoms with Gasteiger partial charge in [0.15, 0.2) is 0 Å². The topological polar surface area (TPSA) is 48.5 Å². The van der Waals surface area contributed by atoms with Gasteiger partial charge in [-0.05, 0) is 48.9 Å². The molecule has 2 heterocycles. The Morgan fingerprint density at radius 1 is 1.03 bits per heavy atom. The number of anilines is 2. The number of hydrogen-bond acceptors (Lipinski definition) is 4.